The van der Waals surface area contributed by atoms with Crippen LogP contribution in [0.3, 0.4) is 0 Å². The maximum atomic E-state index is 12.6. The Bertz CT molecular complexity index is 997. The quantitative estimate of drug-likeness (QED) is 0.276. The van der Waals surface area contributed by atoms with E-state index in [1.165, 1.54) is 0 Å². The first kappa shape index (κ1) is 19.0. The summed E-state index contributed by atoms with van der Waals surface area (Å²) in [5, 5.41) is -0.659. The number of cyclic esters (lactones) is 1. The number of fused-ring (bicyclic) bond motifs is 3. The van der Waals surface area contributed by atoms with Gasteiger partial charge in [0.2, 0.25) is 0 Å². The van der Waals surface area contributed by atoms with Crippen molar-refractivity contribution in [1.29, 1.82) is 0 Å². The first-order valence-electron chi connectivity index (χ1n) is 10.7. The molecular weight excluding hydrogens is 435 g/mol. The fraction of sp³-hybridized carbons (Fsp3) is 0.850. The van der Waals surface area contributed by atoms with Crippen LogP contribution in [0.25, 0.3) is 0 Å². The van der Waals surface area contributed by atoms with E-state index in [1.807, 2.05) is 13.8 Å². The number of carbonyl (C=O) groups excluding carboxylic acids is 1. The Kier molecular flexibility index (Phi) is 3.20. The molecule has 4 heterocycles. The average Bonchev–Trinajstić information content (AvgIpc) is 3.52. The summed E-state index contributed by atoms with van der Waals surface area (Å²) < 4.78 is 42.4. The van der Waals surface area contributed by atoms with Gasteiger partial charge < -0.3 is 19.1 Å². The van der Waals surface area contributed by atoms with Crippen molar-refractivity contribution in [3.8, 4) is 0 Å². The van der Waals surface area contributed by atoms with Crippen molar-refractivity contribution < 1.29 is 37.5 Å². The molecule has 2 spiro atoms. The van der Waals surface area contributed by atoms with Gasteiger partial charge in [-0.3, -0.25) is 9.05 Å². The molecular formula is C20H24ClO8P. The zero-order chi connectivity index (χ0) is 21.1. The fourth-order valence-electron chi connectivity index (χ4n) is 7.91. The molecule has 2 saturated carbocycles. The van der Waals surface area contributed by atoms with Crippen molar-refractivity contribution in [2.75, 3.05) is 6.61 Å². The van der Waals surface area contributed by atoms with Gasteiger partial charge in [-0.15, -0.1) is 11.6 Å². The van der Waals surface area contributed by atoms with Gasteiger partial charge in [-0.25, -0.2) is 9.36 Å². The molecule has 3 saturated heterocycles. The van der Waals surface area contributed by atoms with E-state index >= 15 is 0 Å². The third kappa shape index (κ3) is 1.68. The van der Waals surface area contributed by atoms with Gasteiger partial charge in [-0.1, -0.05) is 20.8 Å². The lowest BCUT2D eigenvalue weighted by molar-refractivity contribution is -0.136. The zero-order valence-corrected chi connectivity index (χ0v) is 18.6. The molecule has 7 rings (SSSR count). The van der Waals surface area contributed by atoms with Gasteiger partial charge in [-0.2, -0.15) is 0 Å². The topological polar surface area (TPSA) is 107 Å². The molecule has 10 atom stereocenters. The lowest BCUT2D eigenvalue weighted by atomic mass is 9.46. The molecule has 3 aliphatic carbocycles. The third-order valence-corrected chi connectivity index (χ3v) is 10.9. The molecule has 10 heteroatoms. The second-order valence-electron chi connectivity index (χ2n) is 10.4. The molecule has 0 aromatic rings. The predicted molar refractivity (Wildman–Crippen MR) is 102 cm³/mol. The molecule has 164 valence electrons. The Labute approximate surface area is 178 Å². The summed E-state index contributed by atoms with van der Waals surface area (Å²) in [6.45, 7) is 6.36. The molecule has 8 nitrogen and oxygen atoms in total. The van der Waals surface area contributed by atoms with Gasteiger partial charge in [0, 0.05) is 11.0 Å². The van der Waals surface area contributed by atoms with E-state index in [-0.39, 0.29) is 35.4 Å². The number of epoxide rings is 2. The van der Waals surface area contributed by atoms with Crippen LogP contribution in [0.4, 0.5) is 0 Å². The number of hydrogen-bond acceptors (Lipinski definition) is 7. The Morgan fingerprint density at radius 3 is 2.80 bits per heavy atom. The maximum absolute atomic E-state index is 12.6. The Hall–Kier alpha value is -0.470. The van der Waals surface area contributed by atoms with Crippen molar-refractivity contribution >= 4 is 25.4 Å². The maximum Gasteiger partial charge on any atom is 0.473 e. The minimum absolute atomic E-state index is 0.0806. The van der Waals surface area contributed by atoms with Gasteiger partial charge in [-0.05, 0) is 36.7 Å². The summed E-state index contributed by atoms with van der Waals surface area (Å²) in [5.41, 5.74) is -1.26. The van der Waals surface area contributed by atoms with Gasteiger partial charge >= 0.3 is 13.8 Å². The highest BCUT2D eigenvalue weighted by atomic mass is 35.5. The molecule has 0 aromatic carbocycles. The fourth-order valence-corrected chi connectivity index (χ4v) is 10.1. The summed E-state index contributed by atoms with van der Waals surface area (Å²) >= 11 is 7.00. The van der Waals surface area contributed by atoms with E-state index in [9.17, 15) is 14.3 Å². The monoisotopic (exact) mass is 458 g/mol. The van der Waals surface area contributed by atoms with Crippen LogP contribution in [0.5, 0.6) is 0 Å². The lowest BCUT2D eigenvalue weighted by Gasteiger charge is -2.56. The van der Waals surface area contributed by atoms with E-state index in [4.69, 9.17) is 34.9 Å². The molecule has 0 bridgehead atoms. The van der Waals surface area contributed by atoms with Gasteiger partial charge in [0.25, 0.3) is 0 Å². The number of carbonyl (C=O) groups is 1. The van der Waals surface area contributed by atoms with Crippen LogP contribution in [0.15, 0.2) is 11.1 Å². The van der Waals surface area contributed by atoms with Crippen LogP contribution in [0.1, 0.15) is 40.0 Å². The van der Waals surface area contributed by atoms with Crippen molar-refractivity contribution in [2.45, 2.75) is 80.5 Å². The molecule has 0 amide bonds. The van der Waals surface area contributed by atoms with E-state index in [1.54, 1.807) is 0 Å². The standard InChI is InChI=1S/C20H24ClO8P/c1-8(2)18-13(21)14-20(27-14)17(3)5-4-9-10(7-25-15(9)22)11(17)6-12-19(20,26-12)16(18)28-30(23,24)29-18/h8,11-14,16H,4-7H2,1-3H3,(H,23,24)/t11-,12-,13+,14?,16+,17-,18+,19+,20+/m0/s1. The molecule has 0 radical (unpaired) electrons. The molecule has 30 heavy (non-hydrogen) atoms. The van der Waals surface area contributed by atoms with Crippen LogP contribution >= 0.6 is 19.4 Å². The summed E-state index contributed by atoms with van der Waals surface area (Å²) in [5.74, 6) is -0.309. The summed E-state index contributed by atoms with van der Waals surface area (Å²) in [4.78, 5) is 22.5. The highest BCUT2D eigenvalue weighted by molar-refractivity contribution is 7.47. The SMILES string of the molecule is CC(C)[C@]12OP(=O)(O)O[C@H]1[C@]13O[C@H]1C[C@H]1C4=C(CC[C@]1(C)[C@@]31OC1[C@H]2Cl)C(=O)OC4. The third-order valence-electron chi connectivity index (χ3n) is 9.28. The summed E-state index contributed by atoms with van der Waals surface area (Å²) in [7, 11) is -4.27. The van der Waals surface area contributed by atoms with Crippen LogP contribution in [0, 0.1) is 17.3 Å². The minimum Gasteiger partial charge on any atom is -0.458 e. The number of alkyl halides is 1. The minimum atomic E-state index is -4.27. The number of ether oxygens (including phenoxy) is 3. The summed E-state index contributed by atoms with van der Waals surface area (Å²) in [6.07, 6.45) is 0.683. The largest absolute Gasteiger partial charge is 0.473 e. The number of rotatable bonds is 1. The predicted octanol–water partition coefficient (Wildman–Crippen LogP) is 2.47. The Morgan fingerprint density at radius 2 is 2.07 bits per heavy atom. The van der Waals surface area contributed by atoms with Crippen LogP contribution in [-0.4, -0.2) is 58.0 Å². The van der Waals surface area contributed by atoms with E-state index < -0.39 is 36.1 Å². The number of halogens is 1. The van der Waals surface area contributed by atoms with E-state index in [0.29, 0.717) is 19.4 Å². The van der Waals surface area contributed by atoms with Crippen LogP contribution in [0.2, 0.25) is 0 Å². The summed E-state index contributed by atoms with van der Waals surface area (Å²) in [6, 6.07) is 0. The van der Waals surface area contributed by atoms with Crippen LogP contribution < -0.4 is 0 Å². The highest BCUT2D eigenvalue weighted by Crippen LogP contribution is 2.83. The Morgan fingerprint density at radius 1 is 1.30 bits per heavy atom. The first-order valence-corrected chi connectivity index (χ1v) is 12.6. The number of phosphoric ester groups is 1. The first-order chi connectivity index (χ1) is 14.1. The van der Waals surface area contributed by atoms with Gasteiger partial charge in [0.05, 0.1) is 11.5 Å². The second-order valence-corrected chi connectivity index (χ2v) is 12.2. The molecule has 5 fully saturated rings. The molecule has 7 aliphatic rings. The van der Waals surface area contributed by atoms with Crippen LogP contribution in [-0.2, 0) is 32.6 Å². The molecule has 2 unspecified atom stereocenters. The van der Waals surface area contributed by atoms with Crippen molar-refractivity contribution in [3.63, 3.8) is 0 Å². The average molecular weight is 459 g/mol. The normalized spacial score (nSPS) is 62.1. The second kappa shape index (κ2) is 5.04. The van der Waals surface area contributed by atoms with Crippen molar-refractivity contribution in [1.82, 2.24) is 0 Å². The number of esters is 1. The van der Waals surface area contributed by atoms with E-state index in [0.717, 1.165) is 17.6 Å². The van der Waals surface area contributed by atoms with E-state index in [2.05, 4.69) is 6.92 Å². The molecule has 4 aliphatic heterocycles. The van der Waals surface area contributed by atoms with Gasteiger partial charge in [0.15, 0.2) is 5.60 Å². The number of hydrogen-bond donors (Lipinski definition) is 1. The molecule has 0 aromatic heterocycles. The Balaban J connectivity index is 1.41. The number of phosphoric acid groups is 1. The van der Waals surface area contributed by atoms with Crippen molar-refractivity contribution in [3.05, 3.63) is 11.1 Å². The highest BCUT2D eigenvalue weighted by Gasteiger charge is 2.98. The smallest absolute Gasteiger partial charge is 0.458 e. The molecule has 1 N–H and O–H groups in total. The zero-order valence-electron chi connectivity index (χ0n) is 16.9. The van der Waals surface area contributed by atoms with Gasteiger partial charge in [0.1, 0.15) is 30.0 Å². The lowest BCUT2D eigenvalue weighted by Crippen LogP contribution is -2.74. The van der Waals surface area contributed by atoms with Crippen molar-refractivity contribution in [2.24, 2.45) is 17.3 Å².